The molecule has 5 N–H and O–H groups in total. The fourth-order valence-corrected chi connectivity index (χ4v) is 4.89. The second kappa shape index (κ2) is 8.50. The normalized spacial score (nSPS) is 26.2. The summed E-state index contributed by atoms with van der Waals surface area (Å²) in [7, 11) is -3.99. The molecule has 4 rings (SSSR count). The summed E-state index contributed by atoms with van der Waals surface area (Å²) < 4.78 is 26.6. The molecule has 0 amide bonds. The van der Waals surface area contributed by atoms with Crippen molar-refractivity contribution in [1.82, 2.24) is 19.9 Å². The monoisotopic (exact) mass is 424 g/mol. The number of aliphatic hydroxyl groups is 1. The van der Waals surface area contributed by atoms with Crippen LogP contribution >= 0.6 is 0 Å². The molecule has 0 aliphatic heterocycles. The summed E-state index contributed by atoms with van der Waals surface area (Å²) in [6.07, 6.45) is 8.17. The van der Waals surface area contributed by atoms with Crippen molar-refractivity contribution in [3.63, 3.8) is 0 Å². The molecule has 160 valence electrons. The van der Waals surface area contributed by atoms with Crippen LogP contribution in [0.5, 0.6) is 0 Å². The quantitative estimate of drug-likeness (QED) is 0.520. The van der Waals surface area contributed by atoms with Crippen molar-refractivity contribution in [3.05, 3.63) is 12.2 Å². The zero-order chi connectivity index (χ0) is 20.4. The van der Waals surface area contributed by atoms with Gasteiger partial charge in [0, 0.05) is 18.4 Å². The molecule has 0 bridgehead atoms. The van der Waals surface area contributed by atoms with Crippen LogP contribution in [0.3, 0.4) is 0 Å². The van der Waals surface area contributed by atoms with Crippen LogP contribution in [-0.2, 0) is 14.5 Å². The van der Waals surface area contributed by atoms with Crippen LogP contribution < -0.4 is 10.5 Å². The van der Waals surface area contributed by atoms with Crippen LogP contribution in [0, 0.1) is 11.8 Å². The zero-order valence-electron chi connectivity index (χ0n) is 16.2. The first-order chi connectivity index (χ1) is 13.9. The van der Waals surface area contributed by atoms with Gasteiger partial charge in [-0.15, -0.1) is 0 Å². The van der Waals surface area contributed by atoms with E-state index in [0.29, 0.717) is 31.1 Å². The fraction of sp³-hybridized carbons (Fsp3) is 0.722. The van der Waals surface area contributed by atoms with Gasteiger partial charge in [-0.3, -0.25) is 4.18 Å². The average molecular weight is 425 g/mol. The Balaban J connectivity index is 1.39. The van der Waals surface area contributed by atoms with E-state index >= 15 is 0 Å². The lowest BCUT2D eigenvalue weighted by Gasteiger charge is -2.18. The number of nitrogens with two attached hydrogens (primary N) is 1. The summed E-state index contributed by atoms with van der Waals surface area (Å²) in [5, 5.41) is 18.4. The Hall–Kier alpha value is -1.82. The number of aliphatic hydroxyl groups excluding tert-OH is 1. The molecule has 2 saturated carbocycles. The van der Waals surface area contributed by atoms with E-state index in [1.54, 1.807) is 0 Å². The molecule has 10 nitrogen and oxygen atoms in total. The third-order valence-electron chi connectivity index (χ3n) is 6.05. The number of hydrogen-bond donors (Lipinski definition) is 4. The number of aromatic nitrogens is 4. The molecule has 3 atom stereocenters. The Bertz CT molecular complexity index is 943. The lowest BCUT2D eigenvalue weighted by Crippen LogP contribution is -2.24. The number of fused-ring (bicyclic) bond motifs is 1. The van der Waals surface area contributed by atoms with Gasteiger partial charge in [-0.05, 0) is 31.6 Å². The molecule has 29 heavy (non-hydrogen) atoms. The number of nitrogens with one attached hydrogen (secondary N) is 2. The molecule has 2 aliphatic rings. The summed E-state index contributed by atoms with van der Waals surface area (Å²) in [6, 6.07) is 0. The van der Waals surface area contributed by atoms with E-state index in [2.05, 4.69) is 24.5 Å². The highest BCUT2D eigenvalue weighted by atomic mass is 32.2. The van der Waals surface area contributed by atoms with Gasteiger partial charge in [-0.25, -0.2) is 20.1 Å². The van der Waals surface area contributed by atoms with Gasteiger partial charge in [0.2, 0.25) is 0 Å². The molecule has 0 aromatic carbocycles. The van der Waals surface area contributed by atoms with E-state index in [1.807, 2.05) is 0 Å². The first-order valence-corrected chi connectivity index (χ1v) is 11.7. The summed E-state index contributed by atoms with van der Waals surface area (Å²) >= 11 is 0. The molecule has 0 unspecified atom stereocenters. The molecular weight excluding hydrogens is 396 g/mol. The predicted molar refractivity (Wildman–Crippen MR) is 107 cm³/mol. The van der Waals surface area contributed by atoms with Gasteiger partial charge in [-0.2, -0.15) is 8.42 Å². The zero-order valence-corrected chi connectivity index (χ0v) is 17.1. The topological polar surface area (TPSA) is 156 Å². The van der Waals surface area contributed by atoms with E-state index in [4.69, 9.17) is 10.1 Å². The van der Waals surface area contributed by atoms with Crippen molar-refractivity contribution in [2.75, 3.05) is 18.5 Å². The Kier molecular flexibility index (Phi) is 6.00. The lowest BCUT2D eigenvalue weighted by molar-refractivity contribution is 0.100. The van der Waals surface area contributed by atoms with Crippen LogP contribution in [0.2, 0.25) is 0 Å². The number of anilines is 1. The van der Waals surface area contributed by atoms with Crippen molar-refractivity contribution in [2.24, 2.45) is 17.0 Å². The molecule has 0 spiro atoms. The minimum atomic E-state index is -3.99. The van der Waals surface area contributed by atoms with Crippen LogP contribution in [0.15, 0.2) is 6.33 Å². The number of aromatic amines is 1. The fourth-order valence-electron chi connectivity index (χ4n) is 4.53. The van der Waals surface area contributed by atoms with Gasteiger partial charge in [0.05, 0.1) is 12.7 Å². The Labute approximate surface area is 169 Å². The average Bonchev–Trinajstić information content (AvgIpc) is 3.28. The van der Waals surface area contributed by atoms with Crippen molar-refractivity contribution >= 4 is 27.3 Å². The summed E-state index contributed by atoms with van der Waals surface area (Å²) in [5.41, 5.74) is 1.47. The molecule has 11 heteroatoms. The highest BCUT2D eigenvalue weighted by Crippen LogP contribution is 2.34. The van der Waals surface area contributed by atoms with Crippen molar-refractivity contribution in [3.8, 4) is 0 Å². The third-order valence-corrected chi connectivity index (χ3v) is 6.52. The molecule has 0 radical (unpaired) electrons. The Morgan fingerprint density at radius 3 is 2.79 bits per heavy atom. The molecule has 2 aromatic rings. The molecule has 2 aliphatic carbocycles. The third kappa shape index (κ3) is 5.03. The SMILES string of the molecule is NS(=O)(=O)OC[C@@H]1C[C@@H](CNc2ncnc3[nH]c(C4CCCCC4)nc23)C[C@@H]1O. The van der Waals surface area contributed by atoms with Crippen LogP contribution in [0.25, 0.3) is 11.2 Å². The number of nitrogens with zero attached hydrogens (tertiary/aromatic N) is 3. The minimum absolute atomic E-state index is 0.0988. The van der Waals surface area contributed by atoms with Gasteiger partial charge < -0.3 is 15.4 Å². The van der Waals surface area contributed by atoms with Crippen molar-refractivity contribution in [2.45, 2.75) is 57.0 Å². The van der Waals surface area contributed by atoms with E-state index in [0.717, 1.165) is 29.8 Å². The second-order valence-corrected chi connectivity index (χ2v) is 9.42. The first-order valence-electron chi connectivity index (χ1n) is 10.2. The van der Waals surface area contributed by atoms with E-state index in [-0.39, 0.29) is 18.4 Å². The van der Waals surface area contributed by atoms with E-state index < -0.39 is 16.4 Å². The highest BCUT2D eigenvalue weighted by molar-refractivity contribution is 7.84. The lowest BCUT2D eigenvalue weighted by atomic mass is 9.89. The van der Waals surface area contributed by atoms with E-state index in [9.17, 15) is 13.5 Å². The van der Waals surface area contributed by atoms with Gasteiger partial charge in [0.25, 0.3) is 0 Å². The molecule has 2 heterocycles. The van der Waals surface area contributed by atoms with Crippen LogP contribution in [0.4, 0.5) is 5.82 Å². The number of hydrogen-bond acceptors (Lipinski definition) is 8. The maximum atomic E-state index is 11.0. The number of rotatable bonds is 7. The molecule has 2 aromatic heterocycles. The maximum Gasteiger partial charge on any atom is 0.333 e. The number of H-pyrrole nitrogens is 1. The molecule has 2 fully saturated rings. The van der Waals surface area contributed by atoms with Gasteiger partial charge in [0.1, 0.15) is 12.2 Å². The van der Waals surface area contributed by atoms with Gasteiger partial charge >= 0.3 is 10.3 Å². The largest absolute Gasteiger partial charge is 0.393 e. The minimum Gasteiger partial charge on any atom is -0.393 e. The highest BCUT2D eigenvalue weighted by Gasteiger charge is 2.34. The number of imidazole rings is 1. The van der Waals surface area contributed by atoms with Crippen molar-refractivity contribution in [1.29, 1.82) is 0 Å². The standard InChI is InChI=1S/C18H28N6O4S/c19-29(26,27)28-9-13-6-11(7-14(13)25)8-20-17-15-18(22-10-21-17)24-16(23-15)12-4-2-1-3-5-12/h10-14,25H,1-9H2,(H2,19,26,27)(H2,20,21,22,23,24)/t11-,13+,14+/m1/s1. The predicted octanol–water partition coefficient (Wildman–Crippen LogP) is 1.42. The molecule has 0 saturated heterocycles. The van der Waals surface area contributed by atoms with Gasteiger partial charge in [-0.1, -0.05) is 19.3 Å². The molecular formula is C18H28N6O4S. The maximum absolute atomic E-state index is 11.0. The summed E-state index contributed by atoms with van der Waals surface area (Å²) in [6.45, 7) is 0.499. The summed E-state index contributed by atoms with van der Waals surface area (Å²) in [5.74, 6) is 2.02. The van der Waals surface area contributed by atoms with Crippen molar-refractivity contribution < 1.29 is 17.7 Å². The van der Waals surface area contributed by atoms with Gasteiger partial charge in [0.15, 0.2) is 17.0 Å². The smallest absolute Gasteiger partial charge is 0.333 e. The Morgan fingerprint density at radius 2 is 2.03 bits per heavy atom. The first kappa shape index (κ1) is 20.5. The second-order valence-electron chi connectivity index (χ2n) is 8.20. The summed E-state index contributed by atoms with van der Waals surface area (Å²) in [4.78, 5) is 16.8. The Morgan fingerprint density at radius 1 is 1.24 bits per heavy atom. The van der Waals surface area contributed by atoms with Crippen LogP contribution in [0.1, 0.15) is 56.7 Å². The van der Waals surface area contributed by atoms with E-state index in [1.165, 1.54) is 25.6 Å². The van der Waals surface area contributed by atoms with Crippen LogP contribution in [-0.4, -0.2) is 52.7 Å².